The van der Waals surface area contributed by atoms with Crippen LogP contribution in [0.5, 0.6) is 0 Å². The number of rotatable bonds is 5. The molecule has 0 saturated carbocycles. The molecule has 0 aliphatic rings. The van der Waals surface area contributed by atoms with Gasteiger partial charge in [-0.15, -0.1) is 0 Å². The second-order valence-corrected chi connectivity index (χ2v) is 3.60. The van der Waals surface area contributed by atoms with Crippen LogP contribution in [0.3, 0.4) is 0 Å². The van der Waals surface area contributed by atoms with E-state index in [0.29, 0.717) is 23.8 Å². The highest BCUT2D eigenvalue weighted by molar-refractivity contribution is 6.30. The first-order valence-electron chi connectivity index (χ1n) is 4.89. The summed E-state index contributed by atoms with van der Waals surface area (Å²) in [5.41, 5.74) is 0.540. The van der Waals surface area contributed by atoms with E-state index in [0.717, 1.165) is 0 Å². The Kier molecular flexibility index (Phi) is 5.02. The van der Waals surface area contributed by atoms with Gasteiger partial charge in [0.1, 0.15) is 5.82 Å². The lowest BCUT2D eigenvalue weighted by atomic mass is 10.1. The van der Waals surface area contributed by atoms with E-state index in [1.54, 1.807) is 13.1 Å². The lowest BCUT2D eigenvalue weighted by Crippen LogP contribution is -2.22. The molecule has 1 atom stereocenters. The second kappa shape index (κ2) is 6.05. The van der Waals surface area contributed by atoms with E-state index in [2.05, 4.69) is 5.32 Å². The van der Waals surface area contributed by atoms with Crippen LogP contribution in [0.1, 0.15) is 18.5 Å². The number of benzene rings is 1. The molecule has 0 aliphatic carbocycles. The Morgan fingerprint density at radius 1 is 1.53 bits per heavy atom. The SMILES string of the molecule is CCOCC(NC)c1cc(Cl)ccc1F. The molecule has 0 amide bonds. The van der Waals surface area contributed by atoms with E-state index < -0.39 is 0 Å². The van der Waals surface area contributed by atoms with Crippen molar-refractivity contribution in [3.05, 3.63) is 34.6 Å². The molecule has 1 rings (SSSR count). The zero-order valence-corrected chi connectivity index (χ0v) is 9.64. The molecule has 15 heavy (non-hydrogen) atoms. The maximum atomic E-state index is 13.5. The maximum absolute atomic E-state index is 13.5. The van der Waals surface area contributed by atoms with Gasteiger partial charge >= 0.3 is 0 Å². The molecule has 0 saturated heterocycles. The maximum Gasteiger partial charge on any atom is 0.128 e. The molecule has 1 aromatic carbocycles. The van der Waals surface area contributed by atoms with E-state index >= 15 is 0 Å². The number of nitrogens with one attached hydrogen (secondary N) is 1. The van der Waals surface area contributed by atoms with Crippen LogP contribution in [0.15, 0.2) is 18.2 Å². The van der Waals surface area contributed by atoms with Crippen LogP contribution in [0, 0.1) is 5.82 Å². The summed E-state index contributed by atoms with van der Waals surface area (Å²) in [7, 11) is 1.77. The largest absolute Gasteiger partial charge is 0.380 e. The molecule has 0 aromatic heterocycles. The Labute approximate surface area is 94.4 Å². The molecule has 1 N–H and O–H groups in total. The molecule has 4 heteroatoms. The summed E-state index contributed by atoms with van der Waals surface area (Å²) < 4.78 is 18.7. The third-order valence-electron chi connectivity index (χ3n) is 2.17. The van der Waals surface area contributed by atoms with Crippen molar-refractivity contribution in [2.45, 2.75) is 13.0 Å². The van der Waals surface area contributed by atoms with Crippen LogP contribution in [-0.2, 0) is 4.74 Å². The molecule has 0 heterocycles. The van der Waals surface area contributed by atoms with Gasteiger partial charge in [-0.05, 0) is 32.2 Å². The van der Waals surface area contributed by atoms with Gasteiger partial charge in [-0.1, -0.05) is 11.6 Å². The standard InChI is InChI=1S/C11H15ClFNO/c1-3-15-7-11(14-2)9-6-8(12)4-5-10(9)13/h4-6,11,14H,3,7H2,1-2H3. The predicted octanol–water partition coefficient (Wildman–Crippen LogP) is 2.78. The first-order chi connectivity index (χ1) is 7.19. The molecular weight excluding hydrogens is 217 g/mol. The van der Waals surface area contributed by atoms with Crippen LogP contribution in [0.4, 0.5) is 4.39 Å². The number of hydrogen-bond donors (Lipinski definition) is 1. The van der Waals surface area contributed by atoms with Crippen molar-refractivity contribution in [1.29, 1.82) is 0 Å². The fraction of sp³-hybridized carbons (Fsp3) is 0.455. The predicted molar refractivity (Wildman–Crippen MR) is 59.7 cm³/mol. The molecule has 84 valence electrons. The Morgan fingerprint density at radius 2 is 2.27 bits per heavy atom. The summed E-state index contributed by atoms with van der Waals surface area (Å²) in [4.78, 5) is 0. The molecule has 1 unspecified atom stereocenters. The third-order valence-corrected chi connectivity index (χ3v) is 2.41. The van der Waals surface area contributed by atoms with Crippen LogP contribution >= 0.6 is 11.6 Å². The number of likely N-dealkylation sites (N-methyl/N-ethyl adjacent to an activating group) is 1. The molecule has 0 fully saturated rings. The highest BCUT2D eigenvalue weighted by Gasteiger charge is 2.14. The van der Waals surface area contributed by atoms with E-state index in [-0.39, 0.29) is 11.9 Å². The Bertz CT molecular complexity index is 319. The normalized spacial score (nSPS) is 12.8. The minimum atomic E-state index is -0.265. The topological polar surface area (TPSA) is 21.3 Å². The summed E-state index contributed by atoms with van der Waals surface area (Å²) in [6, 6.07) is 4.36. The molecule has 0 bridgehead atoms. The number of ether oxygens (including phenoxy) is 1. The second-order valence-electron chi connectivity index (χ2n) is 3.17. The monoisotopic (exact) mass is 231 g/mol. The van der Waals surface area contributed by atoms with Crippen molar-refractivity contribution < 1.29 is 9.13 Å². The van der Waals surface area contributed by atoms with Crippen molar-refractivity contribution in [2.75, 3.05) is 20.3 Å². The lowest BCUT2D eigenvalue weighted by molar-refractivity contribution is 0.124. The van der Waals surface area contributed by atoms with E-state index in [1.807, 2.05) is 6.92 Å². The smallest absolute Gasteiger partial charge is 0.128 e. The zero-order chi connectivity index (χ0) is 11.3. The van der Waals surface area contributed by atoms with Gasteiger partial charge in [0.25, 0.3) is 0 Å². The average molecular weight is 232 g/mol. The van der Waals surface area contributed by atoms with Gasteiger partial charge in [0.05, 0.1) is 12.6 Å². The summed E-state index contributed by atoms with van der Waals surface area (Å²) in [5, 5.41) is 3.53. The summed E-state index contributed by atoms with van der Waals surface area (Å²) >= 11 is 5.82. The van der Waals surface area contributed by atoms with Crippen LogP contribution < -0.4 is 5.32 Å². The summed E-state index contributed by atoms with van der Waals surface area (Å²) in [6.45, 7) is 2.95. The van der Waals surface area contributed by atoms with Gasteiger partial charge in [0.2, 0.25) is 0 Å². The van der Waals surface area contributed by atoms with Gasteiger partial charge in [-0.2, -0.15) is 0 Å². The fourth-order valence-corrected chi connectivity index (χ4v) is 1.53. The van der Waals surface area contributed by atoms with Crippen LogP contribution in [-0.4, -0.2) is 20.3 Å². The van der Waals surface area contributed by atoms with E-state index in [1.165, 1.54) is 12.1 Å². The molecule has 0 radical (unpaired) electrons. The number of halogens is 2. The first kappa shape index (κ1) is 12.4. The summed E-state index contributed by atoms with van der Waals surface area (Å²) in [5.74, 6) is -0.265. The third kappa shape index (κ3) is 3.45. The fourth-order valence-electron chi connectivity index (χ4n) is 1.35. The molecule has 1 aromatic rings. The quantitative estimate of drug-likeness (QED) is 0.842. The van der Waals surface area contributed by atoms with Crippen molar-refractivity contribution in [3.8, 4) is 0 Å². The van der Waals surface area contributed by atoms with Crippen molar-refractivity contribution >= 4 is 11.6 Å². The number of hydrogen-bond acceptors (Lipinski definition) is 2. The Balaban J connectivity index is 2.85. The van der Waals surface area contributed by atoms with Crippen molar-refractivity contribution in [3.63, 3.8) is 0 Å². The van der Waals surface area contributed by atoms with Crippen molar-refractivity contribution in [1.82, 2.24) is 5.32 Å². The first-order valence-corrected chi connectivity index (χ1v) is 5.26. The Hall–Kier alpha value is -0.640. The molecule has 0 spiro atoms. The van der Waals surface area contributed by atoms with Crippen LogP contribution in [0.2, 0.25) is 5.02 Å². The van der Waals surface area contributed by atoms with Crippen molar-refractivity contribution in [2.24, 2.45) is 0 Å². The van der Waals surface area contributed by atoms with Gasteiger partial charge in [-0.3, -0.25) is 0 Å². The van der Waals surface area contributed by atoms with E-state index in [9.17, 15) is 4.39 Å². The highest BCUT2D eigenvalue weighted by atomic mass is 35.5. The molecule has 0 aliphatic heterocycles. The van der Waals surface area contributed by atoms with Gasteiger partial charge in [0.15, 0.2) is 0 Å². The zero-order valence-electron chi connectivity index (χ0n) is 8.89. The molecular formula is C11H15ClFNO. The van der Waals surface area contributed by atoms with Gasteiger partial charge in [0, 0.05) is 17.2 Å². The van der Waals surface area contributed by atoms with Gasteiger partial charge in [-0.25, -0.2) is 4.39 Å². The lowest BCUT2D eigenvalue weighted by Gasteiger charge is -2.17. The minimum absolute atomic E-state index is 0.163. The average Bonchev–Trinajstić information content (AvgIpc) is 2.24. The Morgan fingerprint density at radius 3 is 2.87 bits per heavy atom. The van der Waals surface area contributed by atoms with Gasteiger partial charge < -0.3 is 10.1 Å². The highest BCUT2D eigenvalue weighted by Crippen LogP contribution is 2.21. The molecule has 2 nitrogen and oxygen atoms in total. The minimum Gasteiger partial charge on any atom is -0.380 e. The van der Waals surface area contributed by atoms with E-state index in [4.69, 9.17) is 16.3 Å². The summed E-state index contributed by atoms with van der Waals surface area (Å²) in [6.07, 6.45) is 0. The van der Waals surface area contributed by atoms with Crippen LogP contribution in [0.25, 0.3) is 0 Å².